The molecule has 0 radical (unpaired) electrons. The lowest BCUT2D eigenvalue weighted by molar-refractivity contribution is -0.0878. The van der Waals surface area contributed by atoms with Gasteiger partial charge in [0.1, 0.15) is 5.82 Å². The SMILES string of the molecule is C=C(/C=C\C(=C/C)CN(C(=O)c1cccc(C#N)c1)c1ccc(F)cc1)C(F)(F)F. The number of nitrogens with zero attached hydrogens (tertiary/aromatic N) is 2. The topological polar surface area (TPSA) is 44.1 Å². The standard InChI is InChI=1S/C23H18F4N2O/c1-3-17(8-7-16(2)23(25,26)27)15-29(21-11-9-20(24)10-12-21)22(30)19-6-4-5-18(13-19)14-28/h3-13H,2,15H2,1H3/b8-7-,17-3+. The minimum absolute atomic E-state index is 0.0701. The molecule has 30 heavy (non-hydrogen) atoms. The molecule has 0 N–H and O–H groups in total. The number of hydrogen-bond acceptors (Lipinski definition) is 2. The highest BCUT2D eigenvalue weighted by atomic mass is 19.4. The molecule has 0 saturated carbocycles. The summed E-state index contributed by atoms with van der Waals surface area (Å²) in [6.45, 7) is 4.54. The summed E-state index contributed by atoms with van der Waals surface area (Å²) in [6, 6.07) is 13.1. The van der Waals surface area contributed by atoms with Crippen molar-refractivity contribution in [3.05, 3.63) is 101 Å². The summed E-state index contributed by atoms with van der Waals surface area (Å²) in [6.07, 6.45) is -0.931. The Kier molecular flexibility index (Phi) is 7.32. The molecule has 0 aliphatic heterocycles. The second kappa shape index (κ2) is 9.70. The highest BCUT2D eigenvalue weighted by Crippen LogP contribution is 2.26. The first-order valence-corrected chi connectivity index (χ1v) is 8.82. The summed E-state index contributed by atoms with van der Waals surface area (Å²) in [5, 5.41) is 9.07. The van der Waals surface area contributed by atoms with Gasteiger partial charge in [-0.3, -0.25) is 4.79 Å². The van der Waals surface area contributed by atoms with Crippen LogP contribution in [-0.2, 0) is 0 Å². The number of halogens is 4. The normalized spacial score (nSPS) is 11.9. The quantitative estimate of drug-likeness (QED) is 0.432. The average molecular weight is 414 g/mol. The highest BCUT2D eigenvalue weighted by Gasteiger charge is 2.29. The van der Waals surface area contributed by atoms with Gasteiger partial charge in [-0.15, -0.1) is 0 Å². The molecule has 0 bridgehead atoms. The predicted molar refractivity (Wildman–Crippen MR) is 107 cm³/mol. The van der Waals surface area contributed by atoms with Crippen LogP contribution in [0, 0.1) is 17.1 Å². The van der Waals surface area contributed by atoms with Crippen LogP contribution in [0.3, 0.4) is 0 Å². The van der Waals surface area contributed by atoms with E-state index in [1.165, 1.54) is 47.4 Å². The highest BCUT2D eigenvalue weighted by molar-refractivity contribution is 6.06. The van der Waals surface area contributed by atoms with E-state index in [0.29, 0.717) is 11.3 Å². The molecule has 0 atom stereocenters. The number of anilines is 1. The molecule has 1 amide bonds. The molecule has 2 rings (SSSR count). The Balaban J connectivity index is 2.39. The number of carbonyl (C=O) groups excluding carboxylic acids is 1. The van der Waals surface area contributed by atoms with E-state index < -0.39 is 23.5 Å². The minimum atomic E-state index is -4.56. The van der Waals surface area contributed by atoms with E-state index in [2.05, 4.69) is 6.58 Å². The Hall–Kier alpha value is -3.66. The number of benzene rings is 2. The van der Waals surface area contributed by atoms with Crippen LogP contribution in [0.15, 0.2) is 84.5 Å². The van der Waals surface area contributed by atoms with Crippen molar-refractivity contribution >= 4 is 11.6 Å². The Labute approximate surface area is 171 Å². The fourth-order valence-electron chi connectivity index (χ4n) is 2.50. The number of amides is 1. The molecule has 0 fully saturated rings. The molecular weight excluding hydrogens is 396 g/mol. The van der Waals surface area contributed by atoms with Gasteiger partial charge in [0.05, 0.1) is 18.2 Å². The molecule has 0 spiro atoms. The van der Waals surface area contributed by atoms with Crippen molar-refractivity contribution < 1.29 is 22.4 Å². The molecule has 2 aromatic rings. The lowest BCUT2D eigenvalue weighted by atomic mass is 10.1. The lowest BCUT2D eigenvalue weighted by Gasteiger charge is -2.24. The van der Waals surface area contributed by atoms with Crippen molar-refractivity contribution in [1.29, 1.82) is 5.26 Å². The first kappa shape index (κ1) is 22.6. The largest absolute Gasteiger partial charge is 0.415 e. The van der Waals surface area contributed by atoms with Crippen LogP contribution in [-0.4, -0.2) is 18.6 Å². The fraction of sp³-hybridized carbons (Fsp3) is 0.130. The van der Waals surface area contributed by atoms with E-state index in [1.54, 1.807) is 25.1 Å². The fourth-order valence-corrected chi connectivity index (χ4v) is 2.50. The summed E-state index contributed by atoms with van der Waals surface area (Å²) < 4.78 is 51.4. The molecular formula is C23H18F4N2O. The van der Waals surface area contributed by atoms with E-state index in [9.17, 15) is 22.4 Å². The van der Waals surface area contributed by atoms with Crippen LogP contribution in [0.25, 0.3) is 0 Å². The summed E-state index contributed by atoms with van der Waals surface area (Å²) in [5.74, 6) is -0.980. The van der Waals surface area contributed by atoms with E-state index in [0.717, 1.165) is 6.08 Å². The summed E-state index contributed by atoms with van der Waals surface area (Å²) in [7, 11) is 0. The van der Waals surface area contributed by atoms with Gasteiger partial charge >= 0.3 is 6.18 Å². The van der Waals surface area contributed by atoms with Crippen LogP contribution in [0.5, 0.6) is 0 Å². The second-order valence-corrected chi connectivity index (χ2v) is 6.28. The molecule has 2 aromatic carbocycles. The van der Waals surface area contributed by atoms with Crippen molar-refractivity contribution in [2.45, 2.75) is 13.1 Å². The molecule has 0 heterocycles. The molecule has 154 valence electrons. The molecule has 0 unspecified atom stereocenters. The summed E-state index contributed by atoms with van der Waals surface area (Å²) in [4.78, 5) is 14.4. The maximum Gasteiger partial charge on any atom is 0.415 e. The van der Waals surface area contributed by atoms with Crippen molar-refractivity contribution in [3.8, 4) is 6.07 Å². The number of allylic oxidation sites excluding steroid dienone is 3. The van der Waals surface area contributed by atoms with Crippen molar-refractivity contribution in [2.75, 3.05) is 11.4 Å². The maximum absolute atomic E-state index is 13.3. The van der Waals surface area contributed by atoms with E-state index in [-0.39, 0.29) is 17.7 Å². The predicted octanol–water partition coefficient (Wildman–Crippen LogP) is 5.97. The number of hydrogen-bond donors (Lipinski definition) is 0. The zero-order chi connectivity index (χ0) is 22.3. The minimum Gasteiger partial charge on any atom is -0.304 e. The average Bonchev–Trinajstić information content (AvgIpc) is 2.73. The molecule has 3 nitrogen and oxygen atoms in total. The summed E-state index contributed by atoms with van der Waals surface area (Å²) >= 11 is 0. The number of nitriles is 1. The van der Waals surface area contributed by atoms with Gasteiger partial charge in [0.25, 0.3) is 5.91 Å². The Bertz CT molecular complexity index is 1030. The van der Waals surface area contributed by atoms with Crippen molar-refractivity contribution in [2.24, 2.45) is 0 Å². The smallest absolute Gasteiger partial charge is 0.304 e. The third kappa shape index (κ3) is 5.92. The first-order chi connectivity index (χ1) is 14.2. The lowest BCUT2D eigenvalue weighted by Crippen LogP contribution is -2.32. The molecule has 0 saturated heterocycles. The number of alkyl halides is 3. The van der Waals surface area contributed by atoms with Gasteiger partial charge in [0.2, 0.25) is 0 Å². The first-order valence-electron chi connectivity index (χ1n) is 8.82. The van der Waals surface area contributed by atoms with Crippen molar-refractivity contribution in [3.63, 3.8) is 0 Å². The Morgan fingerprint density at radius 3 is 2.40 bits per heavy atom. The maximum atomic E-state index is 13.3. The van der Waals surface area contributed by atoms with E-state index in [4.69, 9.17) is 5.26 Å². The van der Waals surface area contributed by atoms with Crippen LogP contribution in [0.2, 0.25) is 0 Å². The van der Waals surface area contributed by atoms with Gasteiger partial charge in [-0.05, 0) is 55.0 Å². The van der Waals surface area contributed by atoms with Gasteiger partial charge in [-0.1, -0.05) is 30.9 Å². The number of carbonyl (C=O) groups is 1. The molecule has 0 aromatic heterocycles. The van der Waals surface area contributed by atoms with Crippen LogP contribution < -0.4 is 4.90 Å². The zero-order valence-corrected chi connectivity index (χ0v) is 16.1. The molecule has 0 aliphatic carbocycles. The van der Waals surface area contributed by atoms with E-state index in [1.807, 2.05) is 6.07 Å². The van der Waals surface area contributed by atoms with Crippen LogP contribution in [0.1, 0.15) is 22.8 Å². The third-order valence-electron chi connectivity index (χ3n) is 4.20. The Morgan fingerprint density at radius 1 is 1.17 bits per heavy atom. The monoisotopic (exact) mass is 414 g/mol. The van der Waals surface area contributed by atoms with Crippen LogP contribution >= 0.6 is 0 Å². The molecule has 7 heteroatoms. The number of rotatable bonds is 6. The summed E-state index contributed by atoms with van der Waals surface area (Å²) in [5.41, 5.74) is 0.244. The third-order valence-corrected chi connectivity index (χ3v) is 4.20. The zero-order valence-electron chi connectivity index (χ0n) is 16.1. The van der Waals surface area contributed by atoms with Gasteiger partial charge in [0.15, 0.2) is 0 Å². The van der Waals surface area contributed by atoms with Crippen LogP contribution in [0.4, 0.5) is 23.2 Å². The second-order valence-electron chi connectivity index (χ2n) is 6.28. The van der Waals surface area contributed by atoms with Gasteiger partial charge < -0.3 is 4.90 Å². The van der Waals surface area contributed by atoms with Gasteiger partial charge in [0, 0.05) is 16.8 Å². The van der Waals surface area contributed by atoms with Gasteiger partial charge in [-0.25, -0.2) is 4.39 Å². The molecule has 0 aliphatic rings. The van der Waals surface area contributed by atoms with Gasteiger partial charge in [-0.2, -0.15) is 18.4 Å². The van der Waals surface area contributed by atoms with Crippen molar-refractivity contribution in [1.82, 2.24) is 0 Å². The Morgan fingerprint density at radius 2 is 1.83 bits per heavy atom. The van der Waals surface area contributed by atoms with E-state index >= 15 is 0 Å².